The lowest BCUT2D eigenvalue weighted by molar-refractivity contribution is 0.0969. The van der Waals surface area contributed by atoms with Crippen LogP contribution in [0.4, 0.5) is 5.69 Å². The van der Waals surface area contributed by atoms with Crippen LogP contribution < -0.4 is 20.1 Å². The number of aliphatic hydroxyl groups excluding tert-OH is 2. The molecular weight excluding hydrogens is 590 g/mol. The van der Waals surface area contributed by atoms with Crippen LogP contribution in [0.2, 0.25) is 5.02 Å². The highest BCUT2D eigenvalue weighted by Gasteiger charge is 2.23. The molecule has 0 aliphatic heterocycles. The second kappa shape index (κ2) is 16.1. The fourth-order valence-electron chi connectivity index (χ4n) is 5.00. The van der Waals surface area contributed by atoms with Crippen molar-refractivity contribution < 1.29 is 28.2 Å². The van der Waals surface area contributed by atoms with Crippen LogP contribution in [0, 0.1) is 0 Å². The predicted molar refractivity (Wildman–Crippen MR) is 170 cm³/mol. The molecule has 1 aliphatic carbocycles. The second-order valence-electron chi connectivity index (χ2n) is 10.7. The third-order valence-corrected chi connectivity index (χ3v) is 8.87. The van der Waals surface area contributed by atoms with Crippen LogP contribution in [-0.4, -0.2) is 62.6 Å². The van der Waals surface area contributed by atoms with Gasteiger partial charge in [0.05, 0.1) is 23.5 Å². The van der Waals surface area contributed by atoms with Gasteiger partial charge in [0.2, 0.25) is 10.0 Å². The topological polar surface area (TPSA) is 137 Å². The van der Waals surface area contributed by atoms with Crippen molar-refractivity contribution in [1.29, 1.82) is 0 Å². The monoisotopic (exact) mass is 629 g/mol. The van der Waals surface area contributed by atoms with Crippen molar-refractivity contribution in [3.63, 3.8) is 0 Å². The number of hydrogen-bond donors (Lipinski definition) is 5. The lowest BCUT2D eigenvalue weighted by atomic mass is 9.97. The standard InChI is InChI=1S/C32H40ClN3O6S/c33-26-7-4-6-25(20-26)30(38)22-34-16-17-35-27-13-10-23(11-14-27)24-12-15-29(32(39)36-43(40,41)19-5-18-37)31(21-24)42-28-8-2-1-3-9-28/h4,6-7,10-15,20-21,28,30,34-35,37-38H,1-3,5,8-9,16-19,22H2,(H,36,39)/t30-/m0/s1. The summed E-state index contributed by atoms with van der Waals surface area (Å²) in [5, 5.41) is 26.5. The molecule has 1 aliphatic rings. The molecule has 0 bridgehead atoms. The predicted octanol–water partition coefficient (Wildman–Crippen LogP) is 4.90. The molecule has 1 saturated carbocycles. The van der Waals surface area contributed by atoms with E-state index in [1.54, 1.807) is 30.3 Å². The van der Waals surface area contributed by atoms with Gasteiger partial charge in [-0.15, -0.1) is 0 Å². The van der Waals surface area contributed by atoms with Gasteiger partial charge in [-0.1, -0.05) is 48.4 Å². The van der Waals surface area contributed by atoms with E-state index in [1.165, 1.54) is 0 Å². The number of nitrogens with one attached hydrogen (secondary N) is 3. The second-order valence-corrected chi connectivity index (χ2v) is 13.0. The Kier molecular flexibility index (Phi) is 12.2. The van der Waals surface area contributed by atoms with E-state index in [0.29, 0.717) is 30.4 Å². The molecule has 11 heteroatoms. The Hall–Kier alpha value is -3.15. The van der Waals surface area contributed by atoms with Crippen molar-refractivity contribution >= 4 is 33.2 Å². The molecule has 0 radical (unpaired) electrons. The van der Waals surface area contributed by atoms with Gasteiger partial charge in [-0.2, -0.15) is 0 Å². The number of ether oxygens (including phenoxy) is 1. The average Bonchev–Trinajstić information content (AvgIpc) is 3.00. The Labute approximate surface area is 258 Å². The van der Waals surface area contributed by atoms with Crippen LogP contribution in [-0.2, 0) is 10.0 Å². The number of aliphatic hydroxyl groups is 2. The van der Waals surface area contributed by atoms with Crippen LogP contribution in [0.3, 0.4) is 0 Å². The van der Waals surface area contributed by atoms with E-state index in [1.807, 2.05) is 36.4 Å². The smallest absolute Gasteiger partial charge is 0.268 e. The summed E-state index contributed by atoms with van der Waals surface area (Å²) in [5.74, 6) is -0.732. The Morgan fingerprint density at radius 2 is 1.72 bits per heavy atom. The van der Waals surface area contributed by atoms with Gasteiger partial charge >= 0.3 is 0 Å². The number of carbonyl (C=O) groups excluding carboxylic acids is 1. The molecule has 0 heterocycles. The highest BCUT2D eigenvalue weighted by molar-refractivity contribution is 7.90. The van der Waals surface area contributed by atoms with Crippen LogP contribution in [0.15, 0.2) is 66.7 Å². The third kappa shape index (κ3) is 10.2. The van der Waals surface area contributed by atoms with Crippen LogP contribution in [0.25, 0.3) is 11.1 Å². The average molecular weight is 630 g/mol. The first kappa shape index (κ1) is 32.8. The molecule has 5 N–H and O–H groups in total. The SMILES string of the molecule is O=C(NS(=O)(=O)CCCO)c1ccc(-c2ccc(NCCNC[C@H](O)c3cccc(Cl)c3)cc2)cc1OC1CCCCC1. The summed E-state index contributed by atoms with van der Waals surface area (Å²) in [5.41, 5.74) is 3.63. The Balaban J connectivity index is 1.37. The zero-order valence-corrected chi connectivity index (χ0v) is 25.7. The zero-order chi connectivity index (χ0) is 30.7. The molecular formula is C32H40ClN3O6S. The van der Waals surface area contributed by atoms with E-state index in [0.717, 1.165) is 54.5 Å². The van der Waals surface area contributed by atoms with Gasteiger partial charge in [0.25, 0.3) is 5.91 Å². The fourth-order valence-corrected chi connectivity index (χ4v) is 6.20. The molecule has 0 saturated heterocycles. The van der Waals surface area contributed by atoms with Gasteiger partial charge < -0.3 is 25.6 Å². The van der Waals surface area contributed by atoms with Gasteiger partial charge in [0, 0.05) is 37.0 Å². The quantitative estimate of drug-likeness (QED) is 0.150. The van der Waals surface area contributed by atoms with Crippen LogP contribution in [0.1, 0.15) is 60.6 Å². The number of halogens is 1. The largest absolute Gasteiger partial charge is 0.490 e. The van der Waals surface area contributed by atoms with E-state index in [2.05, 4.69) is 15.4 Å². The summed E-state index contributed by atoms with van der Waals surface area (Å²) in [6.07, 6.45) is 4.39. The maximum absolute atomic E-state index is 13.0. The molecule has 0 unspecified atom stereocenters. The third-order valence-electron chi connectivity index (χ3n) is 7.31. The summed E-state index contributed by atoms with van der Waals surface area (Å²) in [6, 6.07) is 20.2. The van der Waals surface area contributed by atoms with Gasteiger partial charge in [-0.25, -0.2) is 13.1 Å². The summed E-state index contributed by atoms with van der Waals surface area (Å²) in [4.78, 5) is 13.0. The lowest BCUT2D eigenvalue weighted by Crippen LogP contribution is -2.33. The summed E-state index contributed by atoms with van der Waals surface area (Å²) in [6.45, 7) is 1.45. The van der Waals surface area contributed by atoms with Crippen molar-refractivity contribution in [3.05, 3.63) is 82.9 Å². The molecule has 0 aromatic heterocycles. The minimum Gasteiger partial charge on any atom is -0.490 e. The lowest BCUT2D eigenvalue weighted by Gasteiger charge is -2.24. The highest BCUT2D eigenvalue weighted by Crippen LogP contribution is 2.31. The van der Waals surface area contributed by atoms with E-state index in [-0.39, 0.29) is 30.4 Å². The van der Waals surface area contributed by atoms with Crippen molar-refractivity contribution in [2.45, 2.75) is 50.7 Å². The Morgan fingerprint density at radius 1 is 0.977 bits per heavy atom. The molecule has 3 aromatic rings. The normalized spacial score (nSPS) is 14.7. The van der Waals surface area contributed by atoms with E-state index in [9.17, 15) is 18.3 Å². The summed E-state index contributed by atoms with van der Waals surface area (Å²) in [7, 11) is -3.88. The number of carbonyl (C=O) groups is 1. The number of amides is 1. The Morgan fingerprint density at radius 3 is 2.44 bits per heavy atom. The molecule has 232 valence electrons. The molecule has 3 aromatic carbocycles. The van der Waals surface area contributed by atoms with E-state index >= 15 is 0 Å². The summed E-state index contributed by atoms with van der Waals surface area (Å²) >= 11 is 6.00. The molecule has 0 spiro atoms. The number of rotatable bonds is 15. The molecule has 1 fully saturated rings. The number of anilines is 1. The molecule has 43 heavy (non-hydrogen) atoms. The van der Waals surface area contributed by atoms with Crippen molar-refractivity contribution in [3.8, 4) is 16.9 Å². The van der Waals surface area contributed by atoms with Gasteiger partial charge in [-0.05, 0) is 85.2 Å². The number of sulfonamides is 1. The first-order valence-electron chi connectivity index (χ1n) is 14.7. The van der Waals surface area contributed by atoms with Gasteiger partial charge in [0.15, 0.2) is 0 Å². The molecule has 4 rings (SSSR count). The van der Waals surface area contributed by atoms with E-state index in [4.69, 9.17) is 21.4 Å². The fraction of sp³-hybridized carbons (Fsp3) is 0.406. The maximum Gasteiger partial charge on any atom is 0.268 e. The molecule has 1 atom stereocenters. The minimum atomic E-state index is -3.88. The van der Waals surface area contributed by atoms with Gasteiger partial charge in [-0.3, -0.25) is 4.79 Å². The minimum absolute atomic E-state index is 0.0339. The molecule has 1 amide bonds. The van der Waals surface area contributed by atoms with Crippen LogP contribution >= 0.6 is 11.6 Å². The van der Waals surface area contributed by atoms with Crippen molar-refractivity contribution in [2.24, 2.45) is 0 Å². The highest BCUT2D eigenvalue weighted by atomic mass is 35.5. The first-order chi connectivity index (χ1) is 20.7. The van der Waals surface area contributed by atoms with Crippen LogP contribution in [0.5, 0.6) is 5.75 Å². The molecule has 9 nitrogen and oxygen atoms in total. The van der Waals surface area contributed by atoms with Crippen molar-refractivity contribution in [1.82, 2.24) is 10.0 Å². The van der Waals surface area contributed by atoms with Crippen molar-refractivity contribution in [2.75, 3.05) is 37.3 Å². The summed E-state index contributed by atoms with van der Waals surface area (Å²) < 4.78 is 33.0. The number of benzene rings is 3. The van der Waals surface area contributed by atoms with E-state index < -0.39 is 22.0 Å². The van der Waals surface area contributed by atoms with Gasteiger partial charge in [0.1, 0.15) is 5.75 Å². The Bertz CT molecular complexity index is 1450. The zero-order valence-electron chi connectivity index (χ0n) is 24.1. The first-order valence-corrected chi connectivity index (χ1v) is 16.7. The maximum atomic E-state index is 13.0. The number of hydrogen-bond acceptors (Lipinski definition) is 8.